The maximum Gasteiger partial charge on any atom is 0.319 e. The Kier molecular flexibility index (Phi) is 7.93. The minimum absolute atomic E-state index is 0.00202. The second kappa shape index (κ2) is 10.4. The van der Waals surface area contributed by atoms with Crippen molar-refractivity contribution < 1.29 is 27.8 Å². The minimum Gasteiger partial charge on any atom is -0.493 e. The lowest BCUT2D eigenvalue weighted by Gasteiger charge is -2.13. The Morgan fingerprint density at radius 1 is 1.24 bits per heavy atom. The van der Waals surface area contributed by atoms with Crippen LogP contribution in [0.15, 0.2) is 30.6 Å². The summed E-state index contributed by atoms with van der Waals surface area (Å²) >= 11 is 0. The normalized spacial score (nSPS) is 10.9. The number of carbonyl (C=O) groups is 2. The van der Waals surface area contributed by atoms with E-state index in [4.69, 9.17) is 9.47 Å². The van der Waals surface area contributed by atoms with E-state index in [1.54, 1.807) is 0 Å². The van der Waals surface area contributed by atoms with E-state index in [1.165, 1.54) is 37.7 Å². The third kappa shape index (κ3) is 6.44. The average Bonchev–Trinajstić information content (AvgIpc) is 3.14. The fourth-order valence-electron chi connectivity index (χ4n) is 2.54. The van der Waals surface area contributed by atoms with Crippen molar-refractivity contribution in [3.8, 4) is 11.5 Å². The summed E-state index contributed by atoms with van der Waals surface area (Å²) in [5.74, 6) is 0.125. The van der Waals surface area contributed by atoms with Crippen molar-refractivity contribution in [2.45, 2.75) is 32.9 Å². The van der Waals surface area contributed by atoms with Crippen molar-refractivity contribution in [3.63, 3.8) is 0 Å². The number of amides is 2. The largest absolute Gasteiger partial charge is 0.493 e. The fourth-order valence-corrected chi connectivity index (χ4v) is 2.54. The van der Waals surface area contributed by atoms with Crippen LogP contribution >= 0.6 is 0 Å². The highest BCUT2D eigenvalue weighted by Gasteiger charge is 2.14. The van der Waals surface area contributed by atoms with Gasteiger partial charge in [0.15, 0.2) is 18.1 Å². The zero-order valence-corrected chi connectivity index (χ0v) is 16.4. The van der Waals surface area contributed by atoms with Gasteiger partial charge in [0.25, 0.3) is 11.8 Å². The van der Waals surface area contributed by atoms with Gasteiger partial charge in [0.05, 0.1) is 7.11 Å². The van der Waals surface area contributed by atoms with E-state index in [1.807, 2.05) is 13.8 Å². The van der Waals surface area contributed by atoms with Crippen LogP contribution in [0.3, 0.4) is 0 Å². The number of ether oxygens (including phenoxy) is 2. The molecule has 1 heterocycles. The van der Waals surface area contributed by atoms with E-state index in [0.717, 1.165) is 4.57 Å². The number of aromatic nitrogens is 2. The summed E-state index contributed by atoms with van der Waals surface area (Å²) in [5, 5.41) is 5.35. The lowest BCUT2D eigenvalue weighted by molar-refractivity contribution is -0.123. The van der Waals surface area contributed by atoms with Gasteiger partial charge in [-0.25, -0.2) is 4.98 Å². The second-order valence-corrected chi connectivity index (χ2v) is 6.41. The Hall–Kier alpha value is -3.17. The molecule has 0 bridgehead atoms. The average molecular weight is 410 g/mol. The monoisotopic (exact) mass is 410 g/mol. The van der Waals surface area contributed by atoms with E-state index < -0.39 is 12.5 Å². The molecule has 0 aliphatic rings. The minimum atomic E-state index is -2.68. The van der Waals surface area contributed by atoms with Crippen LogP contribution in [0.1, 0.15) is 36.6 Å². The van der Waals surface area contributed by atoms with E-state index in [-0.39, 0.29) is 37.3 Å². The first-order chi connectivity index (χ1) is 13.8. The van der Waals surface area contributed by atoms with Gasteiger partial charge >= 0.3 is 6.55 Å². The van der Waals surface area contributed by atoms with Gasteiger partial charge in [-0.1, -0.05) is 0 Å². The molecule has 1 aromatic carbocycles. The summed E-state index contributed by atoms with van der Waals surface area (Å²) in [6, 6.07) is 4.52. The number of imidazole rings is 1. The van der Waals surface area contributed by atoms with Crippen LogP contribution in [-0.2, 0) is 11.2 Å². The highest BCUT2D eigenvalue weighted by Crippen LogP contribution is 2.28. The Labute approximate surface area is 167 Å². The number of methoxy groups -OCH3 is 1. The molecule has 29 heavy (non-hydrogen) atoms. The van der Waals surface area contributed by atoms with Crippen molar-refractivity contribution in [1.29, 1.82) is 0 Å². The quantitative estimate of drug-likeness (QED) is 0.626. The zero-order chi connectivity index (χ0) is 21.4. The molecule has 2 aromatic rings. The standard InChI is InChI=1S/C19H24F2N4O4/c1-12(2)24-17(26)11-29-14-5-4-13(10-15(14)28-3)18(27)23-7-6-16-22-8-9-25(16)19(20)21/h4-5,8-10,12,19H,6-7,11H2,1-3H3,(H,23,27)(H,24,26). The van der Waals surface area contributed by atoms with E-state index in [9.17, 15) is 18.4 Å². The van der Waals surface area contributed by atoms with Gasteiger partial charge in [0.1, 0.15) is 5.82 Å². The molecular weight excluding hydrogens is 386 g/mol. The van der Waals surface area contributed by atoms with Gasteiger partial charge in [-0.05, 0) is 32.0 Å². The topological polar surface area (TPSA) is 94.5 Å². The summed E-state index contributed by atoms with van der Waals surface area (Å²) in [7, 11) is 1.42. The number of alkyl halides is 2. The molecule has 0 unspecified atom stereocenters. The fraction of sp³-hybridized carbons (Fsp3) is 0.421. The van der Waals surface area contributed by atoms with E-state index >= 15 is 0 Å². The molecule has 0 spiro atoms. The Bertz CT molecular complexity index is 839. The third-order valence-corrected chi connectivity index (χ3v) is 3.83. The number of halogens is 2. The lowest BCUT2D eigenvalue weighted by Crippen LogP contribution is -2.34. The van der Waals surface area contributed by atoms with E-state index in [0.29, 0.717) is 17.1 Å². The molecule has 0 saturated heterocycles. The first-order valence-corrected chi connectivity index (χ1v) is 9.00. The number of hydrogen-bond donors (Lipinski definition) is 2. The van der Waals surface area contributed by atoms with Crippen LogP contribution in [0.5, 0.6) is 11.5 Å². The highest BCUT2D eigenvalue weighted by molar-refractivity contribution is 5.94. The number of rotatable bonds is 10. The number of carbonyl (C=O) groups excluding carboxylic acids is 2. The zero-order valence-electron chi connectivity index (χ0n) is 16.4. The van der Waals surface area contributed by atoms with E-state index in [2.05, 4.69) is 15.6 Å². The molecule has 0 radical (unpaired) electrons. The molecule has 0 aliphatic carbocycles. The predicted molar refractivity (Wildman–Crippen MR) is 101 cm³/mol. The maximum absolute atomic E-state index is 12.8. The molecule has 2 rings (SSSR count). The van der Waals surface area contributed by atoms with Crippen LogP contribution in [0, 0.1) is 0 Å². The lowest BCUT2D eigenvalue weighted by atomic mass is 10.2. The smallest absolute Gasteiger partial charge is 0.319 e. The Morgan fingerprint density at radius 3 is 2.66 bits per heavy atom. The molecule has 1 aromatic heterocycles. The third-order valence-electron chi connectivity index (χ3n) is 3.83. The molecule has 2 amide bonds. The first kappa shape index (κ1) is 22.1. The van der Waals surface area contributed by atoms with Crippen LogP contribution in [-0.4, -0.2) is 47.7 Å². The van der Waals surface area contributed by atoms with Crippen molar-refractivity contribution in [2.24, 2.45) is 0 Å². The Balaban J connectivity index is 1.93. The number of nitrogens with zero attached hydrogens (tertiary/aromatic N) is 2. The summed E-state index contributed by atoms with van der Waals surface area (Å²) in [5.41, 5.74) is 0.304. The summed E-state index contributed by atoms with van der Waals surface area (Å²) in [6.07, 6.45) is 2.63. The number of hydrogen-bond acceptors (Lipinski definition) is 5. The van der Waals surface area contributed by atoms with Gasteiger partial charge in [-0.3, -0.25) is 14.2 Å². The molecule has 0 saturated carbocycles. The van der Waals surface area contributed by atoms with Crippen molar-refractivity contribution in [1.82, 2.24) is 20.2 Å². The molecule has 2 N–H and O–H groups in total. The van der Waals surface area contributed by atoms with Crippen molar-refractivity contribution in [3.05, 3.63) is 42.0 Å². The number of benzene rings is 1. The SMILES string of the molecule is COc1cc(C(=O)NCCc2nccn2C(F)F)ccc1OCC(=O)NC(C)C. The molecule has 0 atom stereocenters. The first-order valence-electron chi connectivity index (χ1n) is 9.00. The van der Waals surface area contributed by atoms with Crippen molar-refractivity contribution >= 4 is 11.8 Å². The molecule has 0 fully saturated rings. The molecule has 0 aliphatic heterocycles. The van der Waals surface area contributed by atoms with Crippen molar-refractivity contribution in [2.75, 3.05) is 20.3 Å². The van der Waals surface area contributed by atoms with Gasteiger partial charge in [0, 0.05) is 37.0 Å². The predicted octanol–water partition coefficient (Wildman–Crippen LogP) is 2.16. The molecule has 8 nitrogen and oxygen atoms in total. The van der Waals surface area contributed by atoms with Gasteiger partial charge < -0.3 is 20.1 Å². The van der Waals surface area contributed by atoms with Crippen LogP contribution < -0.4 is 20.1 Å². The maximum atomic E-state index is 12.8. The van der Waals surface area contributed by atoms with Gasteiger partial charge in [0.2, 0.25) is 0 Å². The van der Waals surface area contributed by atoms with Gasteiger partial charge in [-0.2, -0.15) is 8.78 Å². The molecule has 158 valence electrons. The summed E-state index contributed by atoms with van der Waals surface area (Å²) in [6.45, 7) is 0.956. The summed E-state index contributed by atoms with van der Waals surface area (Å²) in [4.78, 5) is 27.9. The van der Waals surface area contributed by atoms with Crippen LogP contribution in [0.4, 0.5) is 8.78 Å². The summed E-state index contributed by atoms with van der Waals surface area (Å²) < 4.78 is 37.0. The molecular formula is C19H24F2N4O4. The number of nitrogens with one attached hydrogen (secondary N) is 2. The highest BCUT2D eigenvalue weighted by atomic mass is 19.3. The second-order valence-electron chi connectivity index (χ2n) is 6.41. The van der Waals surface area contributed by atoms with Crippen LogP contribution in [0.25, 0.3) is 0 Å². The Morgan fingerprint density at radius 2 is 2.00 bits per heavy atom. The van der Waals surface area contributed by atoms with Crippen LogP contribution in [0.2, 0.25) is 0 Å². The van der Waals surface area contributed by atoms with Gasteiger partial charge in [-0.15, -0.1) is 0 Å². The molecule has 10 heteroatoms.